The standard InChI is InChI=1S/C36H59F2N5O7S/c1-32(2,3)27(41-31(48)42-36(16-11-10-12-17-36)20-51(49,50)33(4,5)6)30(47)43-19-22-24(34(22,7)8)25(43)28(45)40-23(15-18-35(9,37)38)26(44)29(46)39-21-13-14-21/h21-25,27H,10-20H2,1-9H3,(H,39,46)(H,40,45)(H2,41,42,48)/t22-,23-,24-,25-,27+/m0/s1. The molecule has 0 aromatic heterocycles. The van der Waals surface area contributed by atoms with E-state index in [0.717, 1.165) is 19.3 Å². The molecule has 3 saturated carbocycles. The van der Waals surface area contributed by atoms with Gasteiger partial charge in [-0.05, 0) is 82.5 Å². The number of nitrogens with one attached hydrogen (secondary N) is 4. The number of alkyl halides is 2. The van der Waals surface area contributed by atoms with Gasteiger partial charge in [-0.3, -0.25) is 19.2 Å². The third-order valence-electron chi connectivity index (χ3n) is 11.4. The molecular weight excluding hydrogens is 684 g/mol. The summed E-state index contributed by atoms with van der Waals surface area (Å²) in [5.74, 6) is -6.95. The Hall–Kier alpha value is -2.84. The molecule has 4 N–H and O–H groups in total. The summed E-state index contributed by atoms with van der Waals surface area (Å²) in [4.78, 5) is 69.5. The van der Waals surface area contributed by atoms with E-state index in [1.54, 1.807) is 41.5 Å². The van der Waals surface area contributed by atoms with Gasteiger partial charge in [0, 0.05) is 19.0 Å². The molecule has 5 atom stereocenters. The number of hydrogen-bond acceptors (Lipinski definition) is 7. The van der Waals surface area contributed by atoms with E-state index in [-0.39, 0.29) is 35.6 Å². The first-order valence-corrected chi connectivity index (χ1v) is 20.0. The van der Waals surface area contributed by atoms with Crippen LogP contribution in [0, 0.1) is 22.7 Å². The van der Waals surface area contributed by atoms with Gasteiger partial charge in [0.15, 0.2) is 9.84 Å². The van der Waals surface area contributed by atoms with Crippen molar-refractivity contribution in [2.24, 2.45) is 22.7 Å². The lowest BCUT2D eigenvalue weighted by Gasteiger charge is -2.41. The Balaban J connectivity index is 1.56. The third-order valence-corrected chi connectivity index (χ3v) is 14.2. The van der Waals surface area contributed by atoms with Crippen LogP contribution < -0.4 is 21.3 Å². The number of urea groups is 1. The SMILES string of the molecule is CC(F)(F)CC[C@H](NC(=O)[C@@H]1[C@@H]2[C@H](CN1C(=O)[C@@H](NC(=O)NC1(CS(=O)(=O)C(C)(C)C)CCCCC1)C(C)(C)C)C2(C)C)C(=O)C(=O)NC1CC1. The summed E-state index contributed by atoms with van der Waals surface area (Å²) in [7, 11) is -3.61. The molecule has 0 aromatic rings. The molecule has 51 heavy (non-hydrogen) atoms. The highest BCUT2D eigenvalue weighted by molar-refractivity contribution is 7.92. The summed E-state index contributed by atoms with van der Waals surface area (Å²) < 4.78 is 53.4. The Kier molecular flexibility index (Phi) is 11.4. The second-order valence-corrected chi connectivity index (χ2v) is 21.0. The molecule has 0 unspecified atom stereocenters. The Labute approximate surface area is 301 Å². The fourth-order valence-electron chi connectivity index (χ4n) is 7.72. The van der Waals surface area contributed by atoms with E-state index in [9.17, 15) is 41.2 Å². The summed E-state index contributed by atoms with van der Waals surface area (Å²) in [6.07, 6.45) is 3.55. The minimum Gasteiger partial charge on any atom is -0.347 e. The average Bonchev–Trinajstić information content (AvgIpc) is 3.83. The van der Waals surface area contributed by atoms with Crippen LogP contribution in [0.3, 0.4) is 0 Å². The molecule has 0 radical (unpaired) electrons. The Bertz CT molecular complexity index is 1490. The molecule has 290 valence electrons. The van der Waals surface area contributed by atoms with Crippen LogP contribution in [0.4, 0.5) is 13.6 Å². The van der Waals surface area contributed by atoms with E-state index in [2.05, 4.69) is 21.3 Å². The predicted molar refractivity (Wildman–Crippen MR) is 188 cm³/mol. The molecule has 4 rings (SSSR count). The highest BCUT2D eigenvalue weighted by Crippen LogP contribution is 2.65. The molecule has 0 aromatic carbocycles. The molecule has 1 aliphatic heterocycles. The number of nitrogens with zero attached hydrogens (tertiary/aromatic N) is 1. The zero-order valence-corrected chi connectivity index (χ0v) is 32.5. The van der Waals surface area contributed by atoms with Gasteiger partial charge >= 0.3 is 6.03 Å². The lowest BCUT2D eigenvalue weighted by Crippen LogP contribution is -2.64. The van der Waals surface area contributed by atoms with Gasteiger partial charge in [-0.15, -0.1) is 0 Å². The van der Waals surface area contributed by atoms with Crippen LogP contribution in [0.2, 0.25) is 0 Å². The number of fused-ring (bicyclic) bond motifs is 1. The van der Waals surface area contributed by atoms with Crippen molar-refractivity contribution in [2.45, 2.75) is 160 Å². The van der Waals surface area contributed by atoms with E-state index in [1.807, 2.05) is 13.8 Å². The molecule has 12 nitrogen and oxygen atoms in total. The van der Waals surface area contributed by atoms with E-state index < -0.39 is 92.0 Å². The number of amides is 5. The number of halogens is 2. The first-order chi connectivity index (χ1) is 23.2. The zero-order valence-electron chi connectivity index (χ0n) is 31.7. The molecule has 4 fully saturated rings. The smallest absolute Gasteiger partial charge is 0.315 e. The molecule has 0 spiro atoms. The van der Waals surface area contributed by atoms with E-state index >= 15 is 0 Å². The van der Waals surface area contributed by atoms with Crippen molar-refractivity contribution in [3.8, 4) is 0 Å². The maximum Gasteiger partial charge on any atom is 0.315 e. The van der Waals surface area contributed by atoms with Gasteiger partial charge < -0.3 is 26.2 Å². The fourth-order valence-corrected chi connectivity index (χ4v) is 9.24. The topological polar surface area (TPSA) is 171 Å². The number of likely N-dealkylation sites (tertiary alicyclic amines) is 1. The maximum atomic E-state index is 14.4. The minimum absolute atomic E-state index is 0.0629. The van der Waals surface area contributed by atoms with Gasteiger partial charge in [0.25, 0.3) is 5.91 Å². The third kappa shape index (κ3) is 9.59. The van der Waals surface area contributed by atoms with Crippen molar-refractivity contribution in [1.82, 2.24) is 26.2 Å². The molecule has 5 amide bonds. The number of hydrogen-bond donors (Lipinski definition) is 4. The molecule has 1 heterocycles. The summed E-state index contributed by atoms with van der Waals surface area (Å²) >= 11 is 0. The normalized spacial score (nSPS) is 25.5. The molecule has 3 aliphatic carbocycles. The largest absolute Gasteiger partial charge is 0.347 e. The van der Waals surface area contributed by atoms with Gasteiger partial charge in [0.2, 0.25) is 23.5 Å². The van der Waals surface area contributed by atoms with Gasteiger partial charge in [-0.2, -0.15) is 0 Å². The van der Waals surface area contributed by atoms with Gasteiger partial charge in [-0.1, -0.05) is 53.9 Å². The first-order valence-electron chi connectivity index (χ1n) is 18.3. The molecule has 4 aliphatic rings. The van der Waals surface area contributed by atoms with Crippen molar-refractivity contribution < 1.29 is 41.2 Å². The number of ketones is 1. The first kappa shape index (κ1) is 40.9. The fraction of sp³-hybridized carbons (Fsp3) is 0.861. The van der Waals surface area contributed by atoms with Crippen molar-refractivity contribution >= 4 is 39.4 Å². The molecular formula is C36H59F2N5O7S. The molecule has 1 saturated heterocycles. The van der Waals surface area contributed by atoms with Crippen LogP contribution in [-0.4, -0.2) is 95.5 Å². The second kappa shape index (κ2) is 14.2. The lowest BCUT2D eigenvalue weighted by atomic mass is 9.83. The van der Waals surface area contributed by atoms with Crippen LogP contribution in [0.25, 0.3) is 0 Å². The molecule has 0 bridgehead atoms. The monoisotopic (exact) mass is 743 g/mol. The maximum absolute atomic E-state index is 14.4. The number of sulfone groups is 1. The van der Waals surface area contributed by atoms with E-state index in [0.29, 0.717) is 32.6 Å². The number of carbonyl (C=O) groups is 5. The van der Waals surface area contributed by atoms with Crippen LogP contribution >= 0.6 is 0 Å². The molecule has 15 heteroatoms. The number of Topliss-reactive ketones (excluding diaryl/α,β-unsaturated/α-hetero) is 1. The van der Waals surface area contributed by atoms with Gasteiger partial charge in [-0.25, -0.2) is 22.0 Å². The number of carbonyl (C=O) groups excluding carboxylic acids is 5. The average molecular weight is 744 g/mol. The van der Waals surface area contributed by atoms with Crippen molar-refractivity contribution in [3.05, 3.63) is 0 Å². The Morgan fingerprint density at radius 1 is 0.902 bits per heavy atom. The van der Waals surface area contributed by atoms with Crippen LogP contribution in [0.5, 0.6) is 0 Å². The van der Waals surface area contributed by atoms with Crippen molar-refractivity contribution in [2.75, 3.05) is 12.3 Å². The lowest BCUT2D eigenvalue weighted by molar-refractivity contribution is -0.145. The predicted octanol–water partition coefficient (Wildman–Crippen LogP) is 3.87. The second-order valence-electron chi connectivity index (χ2n) is 18.3. The Morgan fingerprint density at radius 2 is 1.49 bits per heavy atom. The summed E-state index contributed by atoms with van der Waals surface area (Å²) in [5.41, 5.74) is -2.18. The Morgan fingerprint density at radius 3 is 2.00 bits per heavy atom. The minimum atomic E-state index is -3.61. The van der Waals surface area contributed by atoms with E-state index in [1.165, 1.54) is 4.90 Å². The highest BCUT2D eigenvalue weighted by atomic mass is 32.2. The summed E-state index contributed by atoms with van der Waals surface area (Å²) in [6, 6.07) is -4.56. The van der Waals surface area contributed by atoms with Crippen LogP contribution in [-0.2, 0) is 29.0 Å². The zero-order chi connectivity index (χ0) is 38.5. The quantitative estimate of drug-likeness (QED) is 0.208. The van der Waals surface area contributed by atoms with Crippen molar-refractivity contribution in [3.63, 3.8) is 0 Å². The van der Waals surface area contributed by atoms with Crippen molar-refractivity contribution in [1.29, 1.82) is 0 Å². The summed E-state index contributed by atoms with van der Waals surface area (Å²) in [6.45, 7) is 15.0. The van der Waals surface area contributed by atoms with E-state index in [4.69, 9.17) is 0 Å². The van der Waals surface area contributed by atoms with Crippen LogP contribution in [0.1, 0.15) is 120 Å². The number of rotatable bonds is 13. The van der Waals surface area contributed by atoms with Gasteiger partial charge in [0.1, 0.15) is 12.1 Å². The van der Waals surface area contributed by atoms with Gasteiger partial charge in [0.05, 0.1) is 22.1 Å². The highest BCUT2D eigenvalue weighted by Gasteiger charge is 2.70. The number of piperidine rings is 1. The summed E-state index contributed by atoms with van der Waals surface area (Å²) in [5, 5.41) is 10.9. The van der Waals surface area contributed by atoms with Crippen LogP contribution in [0.15, 0.2) is 0 Å².